The summed E-state index contributed by atoms with van der Waals surface area (Å²) in [5.41, 5.74) is 2.06. The second-order valence-electron chi connectivity index (χ2n) is 8.25. The first kappa shape index (κ1) is 21.6. The van der Waals surface area contributed by atoms with Crippen LogP contribution in [0.25, 0.3) is 0 Å². The first-order chi connectivity index (χ1) is 15.1. The quantitative estimate of drug-likeness (QED) is 0.732. The average Bonchev–Trinajstić information content (AvgIpc) is 3.04. The van der Waals surface area contributed by atoms with Crippen molar-refractivity contribution in [2.75, 3.05) is 68.7 Å². The summed E-state index contributed by atoms with van der Waals surface area (Å²) in [6.07, 6.45) is 1.56. The summed E-state index contributed by atoms with van der Waals surface area (Å²) in [5.74, 6) is -0.234. The van der Waals surface area contributed by atoms with Gasteiger partial charge in [-0.15, -0.1) is 0 Å². The third-order valence-corrected chi connectivity index (χ3v) is 6.25. The molecule has 166 valence electrons. The second kappa shape index (κ2) is 10.1. The summed E-state index contributed by atoms with van der Waals surface area (Å²) < 4.78 is 26.3. The van der Waals surface area contributed by atoms with Gasteiger partial charge in [-0.2, -0.15) is 0 Å². The smallest absolute Gasteiger partial charge is 0.223 e. The van der Waals surface area contributed by atoms with Crippen molar-refractivity contribution in [3.05, 3.63) is 60.2 Å². The highest BCUT2D eigenvalue weighted by Gasteiger charge is 2.22. The molecule has 5 nitrogen and oxygen atoms in total. The van der Waals surface area contributed by atoms with Crippen LogP contribution in [0.1, 0.15) is 12.8 Å². The Kier molecular flexibility index (Phi) is 7.02. The van der Waals surface area contributed by atoms with Crippen LogP contribution in [0.2, 0.25) is 0 Å². The Morgan fingerprint density at radius 2 is 1.19 bits per heavy atom. The lowest BCUT2D eigenvalue weighted by Gasteiger charge is -2.36. The monoisotopic (exact) mass is 428 g/mol. The van der Waals surface area contributed by atoms with Crippen LogP contribution in [-0.2, 0) is 4.79 Å². The second-order valence-corrected chi connectivity index (χ2v) is 8.25. The Balaban J connectivity index is 1.20. The maximum atomic E-state index is 13.2. The maximum Gasteiger partial charge on any atom is 0.223 e. The number of halogens is 2. The van der Waals surface area contributed by atoms with Crippen molar-refractivity contribution in [2.24, 2.45) is 0 Å². The maximum absolute atomic E-state index is 13.2. The molecule has 2 aliphatic rings. The number of anilines is 2. The van der Waals surface area contributed by atoms with E-state index in [1.165, 1.54) is 24.3 Å². The number of hydrogen-bond donors (Lipinski definition) is 0. The average molecular weight is 429 g/mol. The fraction of sp³-hybridized carbons (Fsp3) is 0.458. The Labute approximate surface area is 182 Å². The molecule has 0 aromatic heterocycles. The molecule has 2 aromatic carbocycles. The molecule has 4 rings (SSSR count). The molecule has 2 aromatic rings. The largest absolute Gasteiger partial charge is 0.370 e. The van der Waals surface area contributed by atoms with Gasteiger partial charge in [0.15, 0.2) is 0 Å². The van der Waals surface area contributed by atoms with E-state index < -0.39 is 0 Å². The molecule has 0 aliphatic carbocycles. The van der Waals surface area contributed by atoms with Gasteiger partial charge in [-0.05, 0) is 61.5 Å². The highest BCUT2D eigenvalue weighted by atomic mass is 19.1. The van der Waals surface area contributed by atoms with Gasteiger partial charge in [-0.1, -0.05) is 0 Å². The Morgan fingerprint density at radius 3 is 1.77 bits per heavy atom. The van der Waals surface area contributed by atoms with Gasteiger partial charge < -0.3 is 19.6 Å². The first-order valence-corrected chi connectivity index (χ1v) is 11.1. The molecule has 0 spiro atoms. The van der Waals surface area contributed by atoms with Crippen LogP contribution in [-0.4, -0.2) is 74.6 Å². The van der Waals surface area contributed by atoms with E-state index in [0.717, 1.165) is 63.6 Å². The summed E-state index contributed by atoms with van der Waals surface area (Å²) >= 11 is 0. The van der Waals surface area contributed by atoms with Crippen molar-refractivity contribution in [1.29, 1.82) is 0 Å². The fourth-order valence-electron chi connectivity index (χ4n) is 4.38. The molecular formula is C24H30F2N4O. The number of nitrogens with zero attached hydrogens (tertiary/aromatic N) is 4. The van der Waals surface area contributed by atoms with Gasteiger partial charge in [0.05, 0.1) is 0 Å². The van der Waals surface area contributed by atoms with Gasteiger partial charge in [0.2, 0.25) is 5.91 Å². The molecule has 7 heteroatoms. The lowest BCUT2D eigenvalue weighted by Crippen LogP contribution is -2.49. The lowest BCUT2D eigenvalue weighted by atomic mass is 10.2. The number of piperazine rings is 1. The SMILES string of the molecule is O=C(CCN1CCCN(c2ccc(F)cc2)CC1)N1CCN(c2ccc(F)cc2)CC1. The van der Waals surface area contributed by atoms with Gasteiger partial charge >= 0.3 is 0 Å². The summed E-state index contributed by atoms with van der Waals surface area (Å²) in [6, 6.07) is 13.2. The molecule has 2 saturated heterocycles. The van der Waals surface area contributed by atoms with E-state index in [1.54, 1.807) is 12.1 Å². The molecule has 0 bridgehead atoms. The van der Waals surface area contributed by atoms with E-state index in [0.29, 0.717) is 19.5 Å². The van der Waals surface area contributed by atoms with E-state index in [2.05, 4.69) is 14.7 Å². The van der Waals surface area contributed by atoms with Gasteiger partial charge in [0, 0.05) is 70.2 Å². The predicted molar refractivity (Wildman–Crippen MR) is 119 cm³/mol. The third kappa shape index (κ3) is 5.73. The number of hydrogen-bond acceptors (Lipinski definition) is 4. The molecule has 2 fully saturated rings. The zero-order valence-electron chi connectivity index (χ0n) is 17.9. The molecule has 0 N–H and O–H groups in total. The predicted octanol–water partition coefficient (Wildman–Crippen LogP) is 3.22. The third-order valence-electron chi connectivity index (χ3n) is 6.25. The Morgan fingerprint density at radius 1 is 0.677 bits per heavy atom. The Bertz CT molecular complexity index is 851. The molecule has 2 aliphatic heterocycles. The van der Waals surface area contributed by atoms with Crippen molar-refractivity contribution < 1.29 is 13.6 Å². The zero-order valence-corrected chi connectivity index (χ0v) is 17.9. The van der Waals surface area contributed by atoms with Crippen LogP contribution >= 0.6 is 0 Å². The normalized spacial score (nSPS) is 18.2. The fourth-order valence-corrected chi connectivity index (χ4v) is 4.38. The van der Waals surface area contributed by atoms with Crippen molar-refractivity contribution >= 4 is 17.3 Å². The van der Waals surface area contributed by atoms with Crippen molar-refractivity contribution in [2.45, 2.75) is 12.8 Å². The van der Waals surface area contributed by atoms with Crippen LogP contribution in [0.4, 0.5) is 20.2 Å². The molecule has 0 unspecified atom stereocenters. The number of amides is 1. The van der Waals surface area contributed by atoms with Gasteiger partial charge in [-0.25, -0.2) is 8.78 Å². The number of carbonyl (C=O) groups excluding carboxylic acids is 1. The first-order valence-electron chi connectivity index (χ1n) is 11.1. The van der Waals surface area contributed by atoms with Crippen LogP contribution in [0.5, 0.6) is 0 Å². The van der Waals surface area contributed by atoms with Gasteiger partial charge in [-0.3, -0.25) is 4.79 Å². The highest BCUT2D eigenvalue weighted by Crippen LogP contribution is 2.19. The van der Waals surface area contributed by atoms with Crippen molar-refractivity contribution in [1.82, 2.24) is 9.80 Å². The van der Waals surface area contributed by atoms with E-state index in [9.17, 15) is 13.6 Å². The molecule has 0 radical (unpaired) electrons. The van der Waals surface area contributed by atoms with E-state index in [4.69, 9.17) is 0 Å². The standard InChI is InChI=1S/C24H30F2N4O/c25-20-2-6-22(7-3-20)28-12-1-11-27(14-15-28)13-10-24(31)30-18-16-29(17-19-30)23-8-4-21(26)5-9-23/h2-9H,1,10-19H2. The molecule has 0 saturated carbocycles. The number of rotatable bonds is 5. The van der Waals surface area contributed by atoms with Crippen molar-refractivity contribution in [3.8, 4) is 0 Å². The van der Waals surface area contributed by atoms with Crippen LogP contribution in [0.15, 0.2) is 48.5 Å². The summed E-state index contributed by atoms with van der Waals surface area (Å²) in [5, 5.41) is 0. The molecular weight excluding hydrogens is 398 g/mol. The van der Waals surface area contributed by atoms with Crippen LogP contribution < -0.4 is 9.80 Å². The lowest BCUT2D eigenvalue weighted by molar-refractivity contribution is -0.131. The van der Waals surface area contributed by atoms with Gasteiger partial charge in [0.1, 0.15) is 11.6 Å². The minimum absolute atomic E-state index is 0.207. The summed E-state index contributed by atoms with van der Waals surface area (Å²) in [7, 11) is 0. The topological polar surface area (TPSA) is 30.0 Å². The van der Waals surface area contributed by atoms with Crippen molar-refractivity contribution in [3.63, 3.8) is 0 Å². The minimum atomic E-state index is -0.230. The molecule has 2 heterocycles. The Hall–Kier alpha value is -2.67. The van der Waals surface area contributed by atoms with E-state index in [-0.39, 0.29) is 17.5 Å². The molecule has 31 heavy (non-hydrogen) atoms. The van der Waals surface area contributed by atoms with Gasteiger partial charge in [0.25, 0.3) is 0 Å². The van der Waals surface area contributed by atoms with E-state index >= 15 is 0 Å². The van der Waals surface area contributed by atoms with Crippen LogP contribution in [0, 0.1) is 11.6 Å². The van der Waals surface area contributed by atoms with Crippen LogP contribution in [0.3, 0.4) is 0 Å². The summed E-state index contributed by atoms with van der Waals surface area (Å²) in [4.78, 5) is 21.5. The minimum Gasteiger partial charge on any atom is -0.370 e. The zero-order chi connectivity index (χ0) is 21.6. The number of carbonyl (C=O) groups is 1. The molecule has 1 amide bonds. The summed E-state index contributed by atoms with van der Waals surface area (Å²) in [6.45, 7) is 7.43. The highest BCUT2D eigenvalue weighted by molar-refractivity contribution is 5.76. The number of benzene rings is 2. The molecule has 0 atom stereocenters. The van der Waals surface area contributed by atoms with E-state index in [1.807, 2.05) is 17.0 Å².